The summed E-state index contributed by atoms with van der Waals surface area (Å²) < 4.78 is 12.0. The second-order valence-corrected chi connectivity index (χ2v) is 9.55. The minimum Gasteiger partial charge on any atom is -0.497 e. The van der Waals surface area contributed by atoms with E-state index in [9.17, 15) is 9.59 Å². The van der Waals surface area contributed by atoms with Gasteiger partial charge in [-0.25, -0.2) is 0 Å². The van der Waals surface area contributed by atoms with Crippen LogP contribution in [0.15, 0.2) is 59.9 Å². The highest BCUT2D eigenvalue weighted by Crippen LogP contribution is 2.57. The molecule has 0 spiro atoms. The number of hydrogen-bond donors (Lipinski definition) is 0. The summed E-state index contributed by atoms with van der Waals surface area (Å²) >= 11 is 0. The number of Topliss-reactive ketones (excluding diaryl/α,β-unsaturated/α-hetero) is 1. The Labute approximate surface area is 182 Å². The first-order valence-electron chi connectivity index (χ1n) is 10.7. The number of carbonyl (C=O) groups is 2. The van der Waals surface area contributed by atoms with Crippen LogP contribution in [0.25, 0.3) is 0 Å². The molecular formula is C26H27NO4. The number of anilines is 1. The monoisotopic (exact) mass is 417 g/mol. The molecule has 0 fully saturated rings. The van der Waals surface area contributed by atoms with Gasteiger partial charge in [-0.2, -0.15) is 0 Å². The summed E-state index contributed by atoms with van der Waals surface area (Å²) in [5.41, 5.74) is 3.23. The Morgan fingerprint density at radius 1 is 1.06 bits per heavy atom. The minimum atomic E-state index is -0.504. The maximum absolute atomic E-state index is 13.6. The van der Waals surface area contributed by atoms with Gasteiger partial charge in [0.15, 0.2) is 5.78 Å². The third kappa shape index (κ3) is 3.06. The summed E-state index contributed by atoms with van der Waals surface area (Å²) in [6, 6.07) is 15.6. The van der Waals surface area contributed by atoms with Crippen molar-refractivity contribution in [2.45, 2.75) is 38.7 Å². The van der Waals surface area contributed by atoms with Crippen molar-refractivity contribution < 1.29 is 19.1 Å². The van der Waals surface area contributed by atoms with Crippen molar-refractivity contribution in [3.63, 3.8) is 0 Å². The van der Waals surface area contributed by atoms with E-state index < -0.39 is 12.0 Å². The first kappa shape index (κ1) is 19.9. The Morgan fingerprint density at radius 2 is 1.81 bits per heavy atom. The highest BCUT2D eigenvalue weighted by atomic mass is 16.5. The standard InChI is InChI=1S/C26H27NO4/c1-26(2)13-19(28)22-20(14-26)31-24(15-8-6-5-7-9-15)23-21(22)17-12-16(30-4)10-11-18(17)27(3)25(23)29/h5-12,21,23-24H,13-14H2,1-4H3. The van der Waals surface area contributed by atoms with E-state index in [0.717, 1.165) is 22.6 Å². The van der Waals surface area contributed by atoms with Crippen molar-refractivity contribution in [1.29, 1.82) is 0 Å². The van der Waals surface area contributed by atoms with Gasteiger partial charge >= 0.3 is 0 Å². The fourth-order valence-electron chi connectivity index (χ4n) is 5.41. The summed E-state index contributed by atoms with van der Waals surface area (Å²) in [7, 11) is 3.42. The number of benzene rings is 2. The third-order valence-corrected chi connectivity index (χ3v) is 6.82. The highest BCUT2D eigenvalue weighted by Gasteiger charge is 2.53. The number of ketones is 1. The predicted molar refractivity (Wildman–Crippen MR) is 118 cm³/mol. The van der Waals surface area contributed by atoms with E-state index in [-0.39, 0.29) is 23.0 Å². The number of rotatable bonds is 2. The first-order valence-corrected chi connectivity index (χ1v) is 10.7. The third-order valence-electron chi connectivity index (χ3n) is 6.82. The predicted octanol–water partition coefficient (Wildman–Crippen LogP) is 4.79. The van der Waals surface area contributed by atoms with Crippen LogP contribution in [0.1, 0.15) is 49.8 Å². The van der Waals surface area contributed by atoms with E-state index in [4.69, 9.17) is 9.47 Å². The molecule has 5 nitrogen and oxygen atoms in total. The van der Waals surface area contributed by atoms with Crippen molar-refractivity contribution in [3.05, 3.63) is 71.0 Å². The smallest absolute Gasteiger partial charge is 0.234 e. The second kappa shape index (κ2) is 6.98. The van der Waals surface area contributed by atoms with Crippen molar-refractivity contribution in [3.8, 4) is 5.75 Å². The zero-order valence-electron chi connectivity index (χ0n) is 18.3. The minimum absolute atomic E-state index is 0.0271. The molecule has 3 atom stereocenters. The molecule has 0 radical (unpaired) electrons. The number of nitrogens with zero attached hydrogens (tertiary/aromatic N) is 1. The van der Waals surface area contributed by atoms with Crippen LogP contribution < -0.4 is 9.64 Å². The number of hydrogen-bond acceptors (Lipinski definition) is 4. The molecule has 3 aliphatic rings. The molecule has 0 saturated carbocycles. The zero-order chi connectivity index (χ0) is 21.9. The van der Waals surface area contributed by atoms with Gasteiger partial charge in [-0.3, -0.25) is 9.59 Å². The van der Waals surface area contributed by atoms with Gasteiger partial charge in [0.2, 0.25) is 5.91 Å². The summed E-state index contributed by atoms with van der Waals surface area (Å²) in [4.78, 5) is 28.7. The molecule has 1 amide bonds. The molecule has 0 bridgehead atoms. The molecule has 0 saturated heterocycles. The van der Waals surface area contributed by atoms with E-state index in [0.29, 0.717) is 24.2 Å². The Balaban J connectivity index is 1.77. The van der Waals surface area contributed by atoms with Crippen molar-refractivity contribution in [2.75, 3.05) is 19.1 Å². The van der Waals surface area contributed by atoms with Gasteiger partial charge in [0, 0.05) is 37.1 Å². The number of ether oxygens (including phenoxy) is 2. The lowest BCUT2D eigenvalue weighted by atomic mass is 9.64. The molecule has 2 heterocycles. The van der Waals surface area contributed by atoms with Gasteiger partial charge in [-0.15, -0.1) is 0 Å². The lowest BCUT2D eigenvalue weighted by Gasteiger charge is -2.48. The van der Waals surface area contributed by atoms with E-state index in [1.807, 2.05) is 48.5 Å². The van der Waals surface area contributed by atoms with Crippen LogP contribution >= 0.6 is 0 Å². The molecule has 2 aromatic carbocycles. The average Bonchev–Trinajstić information content (AvgIpc) is 2.75. The molecule has 160 valence electrons. The first-order chi connectivity index (χ1) is 14.8. The largest absolute Gasteiger partial charge is 0.497 e. The number of fused-ring (bicyclic) bond motifs is 4. The molecule has 0 N–H and O–H groups in total. The molecule has 3 unspecified atom stereocenters. The molecule has 0 aromatic heterocycles. The molecule has 31 heavy (non-hydrogen) atoms. The van der Waals surface area contributed by atoms with E-state index >= 15 is 0 Å². The second-order valence-electron chi connectivity index (χ2n) is 9.55. The van der Waals surface area contributed by atoms with E-state index in [1.54, 1.807) is 19.1 Å². The lowest BCUT2D eigenvalue weighted by Crippen LogP contribution is -2.48. The van der Waals surface area contributed by atoms with Crippen LogP contribution in [0.2, 0.25) is 0 Å². The van der Waals surface area contributed by atoms with Crippen LogP contribution in [0, 0.1) is 11.3 Å². The molecular weight excluding hydrogens is 390 g/mol. The summed E-state index contributed by atoms with van der Waals surface area (Å²) in [6.07, 6.45) is 0.697. The SMILES string of the molecule is COc1ccc2c(c1)C1C3=C(CC(C)(C)CC3=O)OC(c3ccccc3)C1C(=O)N2C. The number of allylic oxidation sites excluding steroid dienone is 2. The molecule has 2 aromatic rings. The van der Waals surface area contributed by atoms with Crippen LogP contribution in [0.4, 0.5) is 5.69 Å². The maximum atomic E-state index is 13.6. The van der Waals surface area contributed by atoms with Gasteiger partial charge in [0.1, 0.15) is 17.6 Å². The van der Waals surface area contributed by atoms with Crippen LogP contribution in [-0.4, -0.2) is 25.8 Å². The summed E-state index contributed by atoms with van der Waals surface area (Å²) in [5, 5.41) is 0. The van der Waals surface area contributed by atoms with E-state index in [1.165, 1.54) is 0 Å². The zero-order valence-corrected chi connectivity index (χ0v) is 18.3. The highest BCUT2D eigenvalue weighted by molar-refractivity contribution is 6.05. The molecule has 5 rings (SSSR count). The quantitative estimate of drug-likeness (QED) is 0.705. The van der Waals surface area contributed by atoms with Gasteiger partial charge in [0.25, 0.3) is 0 Å². The molecule has 1 aliphatic carbocycles. The molecule has 5 heteroatoms. The number of carbonyl (C=O) groups excluding carboxylic acids is 2. The number of methoxy groups -OCH3 is 1. The number of amides is 1. The van der Waals surface area contributed by atoms with Gasteiger partial charge in [-0.1, -0.05) is 44.2 Å². The maximum Gasteiger partial charge on any atom is 0.234 e. The van der Waals surface area contributed by atoms with Crippen LogP contribution in [0.5, 0.6) is 5.75 Å². The van der Waals surface area contributed by atoms with E-state index in [2.05, 4.69) is 13.8 Å². The van der Waals surface area contributed by atoms with Gasteiger partial charge in [0.05, 0.1) is 13.0 Å². The van der Waals surface area contributed by atoms with Crippen LogP contribution in [-0.2, 0) is 14.3 Å². The van der Waals surface area contributed by atoms with Crippen LogP contribution in [0.3, 0.4) is 0 Å². The van der Waals surface area contributed by atoms with Crippen molar-refractivity contribution >= 4 is 17.4 Å². The lowest BCUT2D eigenvalue weighted by molar-refractivity contribution is -0.131. The Morgan fingerprint density at radius 3 is 2.52 bits per heavy atom. The Kier molecular flexibility index (Phi) is 4.47. The van der Waals surface area contributed by atoms with Crippen molar-refractivity contribution in [2.24, 2.45) is 11.3 Å². The summed E-state index contributed by atoms with van der Waals surface area (Å²) in [5.74, 6) is 0.665. The molecule has 2 aliphatic heterocycles. The fourth-order valence-corrected chi connectivity index (χ4v) is 5.41. The summed E-state index contributed by atoms with van der Waals surface area (Å²) in [6.45, 7) is 4.19. The topological polar surface area (TPSA) is 55.8 Å². The average molecular weight is 418 g/mol. The normalized spacial score (nSPS) is 26.6. The Bertz CT molecular complexity index is 1100. The Hall–Kier alpha value is -3.08. The van der Waals surface area contributed by atoms with Gasteiger partial charge in [-0.05, 0) is 34.7 Å². The fraction of sp³-hybridized carbons (Fsp3) is 0.385. The van der Waals surface area contributed by atoms with Crippen molar-refractivity contribution in [1.82, 2.24) is 0 Å². The van der Waals surface area contributed by atoms with Gasteiger partial charge < -0.3 is 14.4 Å².